The molecule has 106 valence electrons. The highest BCUT2D eigenvalue weighted by Crippen LogP contribution is 2.28. The second-order valence-electron chi connectivity index (χ2n) is 4.60. The third-order valence-electron chi connectivity index (χ3n) is 1.92. The van der Waals surface area contributed by atoms with Crippen LogP contribution in [0.5, 0.6) is 0 Å². The van der Waals surface area contributed by atoms with Crippen molar-refractivity contribution in [1.82, 2.24) is 0 Å². The van der Waals surface area contributed by atoms with E-state index in [0.717, 1.165) is 7.05 Å². The van der Waals surface area contributed by atoms with Crippen LogP contribution < -0.4 is 0 Å². The minimum atomic E-state index is -4.20. The zero-order chi connectivity index (χ0) is 14.6. The molecule has 0 saturated heterocycles. The molecule has 0 aliphatic rings. The minimum absolute atomic E-state index is 0.150. The lowest BCUT2D eigenvalue weighted by atomic mass is 9.97. The van der Waals surface area contributed by atoms with E-state index in [4.69, 9.17) is 0 Å². The Balaban J connectivity index is 5.51. The Morgan fingerprint density at radius 1 is 1.06 bits per heavy atom. The molecule has 0 spiro atoms. The Labute approximate surface area is 108 Å². The van der Waals surface area contributed by atoms with E-state index in [1.165, 1.54) is 6.92 Å². The van der Waals surface area contributed by atoms with Crippen LogP contribution in [0.3, 0.4) is 0 Å². The second kappa shape index (κ2) is 5.83. The molecule has 0 aromatic carbocycles. The average molecular weight is 298 g/mol. The molecule has 8 nitrogen and oxygen atoms in total. The van der Waals surface area contributed by atoms with E-state index in [1.807, 2.05) is 0 Å². The zero-order valence-electron chi connectivity index (χ0n) is 11.0. The Morgan fingerprint density at radius 3 is 1.89 bits per heavy atom. The topological polar surface area (TPSA) is 118 Å². The predicted octanol–water partition coefficient (Wildman–Crippen LogP) is 1.57. The maximum Gasteiger partial charge on any atom is 0.397 e. The molecule has 0 aromatic rings. The van der Waals surface area contributed by atoms with E-state index >= 15 is 0 Å². The van der Waals surface area contributed by atoms with Crippen molar-refractivity contribution in [3.63, 3.8) is 0 Å². The van der Waals surface area contributed by atoms with E-state index in [9.17, 15) is 16.8 Å². The molecule has 0 bridgehead atoms. The van der Waals surface area contributed by atoms with E-state index in [1.54, 1.807) is 20.8 Å². The van der Waals surface area contributed by atoms with Gasteiger partial charge >= 0.3 is 10.2 Å². The highest BCUT2D eigenvalue weighted by molar-refractivity contribution is 7.92. The van der Waals surface area contributed by atoms with Gasteiger partial charge in [0.1, 0.15) is 0 Å². The second-order valence-corrected chi connectivity index (χ2v) is 8.17. The summed E-state index contributed by atoms with van der Waals surface area (Å²) in [5, 5.41) is 5.25. The van der Waals surface area contributed by atoms with Crippen LogP contribution in [0.15, 0.2) is 19.3 Å². The summed E-state index contributed by atoms with van der Waals surface area (Å²) in [5.41, 5.74) is -0.767. The summed E-state index contributed by atoms with van der Waals surface area (Å²) in [5.74, 6) is -0.150. The number of sulfone groups is 1. The van der Waals surface area contributed by atoms with Gasteiger partial charge in [-0.25, -0.2) is 8.42 Å². The summed E-state index contributed by atoms with van der Waals surface area (Å²) in [7, 11) is -6.59. The van der Waals surface area contributed by atoms with Gasteiger partial charge in [0.2, 0.25) is 0 Å². The summed E-state index contributed by atoms with van der Waals surface area (Å²) in [6.45, 7) is 6.37. The third kappa shape index (κ3) is 5.17. The van der Waals surface area contributed by atoms with E-state index < -0.39 is 30.8 Å². The molecular weight excluding hydrogens is 280 g/mol. The largest absolute Gasteiger partial charge is 0.397 e. The maximum absolute atomic E-state index is 11.8. The van der Waals surface area contributed by atoms with Crippen LogP contribution in [0.25, 0.3) is 0 Å². The molecule has 1 unspecified atom stereocenters. The van der Waals surface area contributed by atoms with Gasteiger partial charge in [-0.05, 0) is 9.04 Å². The molecule has 18 heavy (non-hydrogen) atoms. The van der Waals surface area contributed by atoms with Crippen molar-refractivity contribution in [2.75, 3.05) is 12.8 Å². The minimum Gasteiger partial charge on any atom is -0.227 e. The molecule has 10 heteroatoms. The van der Waals surface area contributed by atoms with Gasteiger partial charge in [0, 0.05) is 11.2 Å². The van der Waals surface area contributed by atoms with Gasteiger partial charge in [-0.1, -0.05) is 27.7 Å². The summed E-state index contributed by atoms with van der Waals surface area (Å²) < 4.78 is 51.8. The molecule has 0 fully saturated rings. The normalized spacial score (nSPS) is 16.5. The monoisotopic (exact) mass is 298 g/mol. The first-order chi connectivity index (χ1) is 7.96. The molecule has 0 heterocycles. The standard InChI is InChI=1S/C8H18N4O4S2/c1-6-17(13,14)7(8(2,3)4)10-12-18(15,16)11-9-5/h7H,6H2,1-5H3. The first kappa shape index (κ1) is 17.1. The van der Waals surface area contributed by atoms with Gasteiger partial charge in [0.25, 0.3) is 0 Å². The van der Waals surface area contributed by atoms with Gasteiger partial charge in [-0.2, -0.15) is 18.6 Å². The Bertz CT molecular complexity index is 528. The Hall–Kier alpha value is -0.900. The van der Waals surface area contributed by atoms with Gasteiger partial charge in [-0.15, -0.1) is 0 Å². The van der Waals surface area contributed by atoms with Crippen molar-refractivity contribution < 1.29 is 16.8 Å². The van der Waals surface area contributed by atoms with Crippen LogP contribution >= 0.6 is 0 Å². The van der Waals surface area contributed by atoms with Gasteiger partial charge < -0.3 is 0 Å². The van der Waals surface area contributed by atoms with Crippen molar-refractivity contribution in [2.45, 2.75) is 33.1 Å². The first-order valence-corrected chi connectivity index (χ1v) is 8.27. The zero-order valence-corrected chi connectivity index (χ0v) is 12.7. The van der Waals surface area contributed by atoms with Crippen molar-refractivity contribution in [1.29, 1.82) is 0 Å². The number of hydrogen-bond acceptors (Lipinski definition) is 6. The lowest BCUT2D eigenvalue weighted by molar-refractivity contribution is 0.377. The van der Waals surface area contributed by atoms with Gasteiger partial charge in [0.15, 0.2) is 15.2 Å². The van der Waals surface area contributed by atoms with E-state index in [-0.39, 0.29) is 5.75 Å². The van der Waals surface area contributed by atoms with Crippen molar-refractivity contribution >= 4 is 20.0 Å². The number of rotatable bonds is 5. The van der Waals surface area contributed by atoms with Gasteiger partial charge in [-0.3, -0.25) is 0 Å². The van der Waals surface area contributed by atoms with Crippen LogP contribution in [-0.2, 0) is 20.0 Å². The fourth-order valence-electron chi connectivity index (χ4n) is 1.16. The van der Waals surface area contributed by atoms with Crippen molar-refractivity contribution in [3.8, 4) is 0 Å². The lowest BCUT2D eigenvalue weighted by Crippen LogP contribution is -2.33. The summed E-state index contributed by atoms with van der Waals surface area (Å²) in [4.78, 5) is 0. The Morgan fingerprint density at radius 2 is 1.56 bits per heavy atom. The molecule has 0 saturated carbocycles. The predicted molar refractivity (Wildman–Crippen MR) is 67.3 cm³/mol. The fraction of sp³-hybridized carbons (Fsp3) is 1.00. The smallest absolute Gasteiger partial charge is 0.227 e. The molecule has 0 aliphatic carbocycles. The number of nitrogens with zero attached hydrogens (tertiary/aromatic N) is 4. The fourth-order valence-corrected chi connectivity index (χ4v) is 3.26. The highest BCUT2D eigenvalue weighted by Gasteiger charge is 2.35. The summed E-state index contributed by atoms with van der Waals surface area (Å²) in [6, 6.07) is 0. The van der Waals surface area contributed by atoms with Crippen LogP contribution in [0.1, 0.15) is 27.7 Å². The first-order valence-electron chi connectivity index (χ1n) is 5.16. The molecule has 0 amide bonds. The molecule has 0 N–H and O–H groups in total. The maximum atomic E-state index is 11.8. The Kier molecular flexibility index (Phi) is 5.54. The van der Waals surface area contributed by atoms with Crippen LogP contribution in [0.2, 0.25) is 0 Å². The molecular formula is C8H18N4O4S2. The van der Waals surface area contributed by atoms with Crippen LogP contribution in [0.4, 0.5) is 0 Å². The van der Waals surface area contributed by atoms with E-state index in [2.05, 4.69) is 19.3 Å². The molecule has 0 radical (unpaired) electrons. The number of hydrogen-bond donors (Lipinski definition) is 0. The SMILES string of the molecule is CCS(=O)(=O)C(N=NS(=O)(=O)N=NC)C(C)(C)C. The molecule has 0 rings (SSSR count). The quantitative estimate of drug-likeness (QED) is 0.716. The molecule has 1 atom stereocenters. The van der Waals surface area contributed by atoms with Crippen molar-refractivity contribution in [3.05, 3.63) is 0 Å². The van der Waals surface area contributed by atoms with Crippen LogP contribution in [0, 0.1) is 5.41 Å². The lowest BCUT2D eigenvalue weighted by Gasteiger charge is -2.25. The highest BCUT2D eigenvalue weighted by atomic mass is 32.2. The average Bonchev–Trinajstić information content (AvgIpc) is 2.14. The third-order valence-corrected chi connectivity index (χ3v) is 4.88. The molecule has 0 aliphatic heterocycles. The van der Waals surface area contributed by atoms with Gasteiger partial charge in [0.05, 0.1) is 7.05 Å². The molecule has 0 aromatic heterocycles. The summed E-state index contributed by atoms with van der Waals surface area (Å²) >= 11 is 0. The van der Waals surface area contributed by atoms with Crippen LogP contribution in [-0.4, -0.2) is 35.0 Å². The van der Waals surface area contributed by atoms with E-state index in [0.29, 0.717) is 0 Å². The summed E-state index contributed by atoms with van der Waals surface area (Å²) in [6.07, 6.45) is 0. The van der Waals surface area contributed by atoms with Crippen molar-refractivity contribution in [2.24, 2.45) is 24.7 Å².